The minimum absolute atomic E-state index is 0.264. The average Bonchev–Trinajstić information content (AvgIpc) is 2.58. The van der Waals surface area contributed by atoms with E-state index in [0.717, 1.165) is 34.3 Å². The molecule has 27 heavy (non-hydrogen) atoms. The lowest BCUT2D eigenvalue weighted by Gasteiger charge is -2.26. The molecule has 0 unspecified atom stereocenters. The lowest BCUT2D eigenvalue weighted by Crippen LogP contribution is -2.40. The number of hydrogen-bond acceptors (Lipinski definition) is 4. The summed E-state index contributed by atoms with van der Waals surface area (Å²) in [4.78, 5) is 12.4. The van der Waals surface area contributed by atoms with E-state index in [1.165, 1.54) is 4.31 Å². The van der Waals surface area contributed by atoms with Gasteiger partial charge < -0.3 is 10.1 Å². The number of benzene rings is 2. The van der Waals surface area contributed by atoms with Crippen LogP contribution in [0.5, 0.6) is 5.75 Å². The van der Waals surface area contributed by atoms with Crippen molar-refractivity contribution in [3.63, 3.8) is 0 Å². The first-order valence-corrected chi connectivity index (χ1v) is 10.4. The highest BCUT2D eigenvalue weighted by Crippen LogP contribution is 2.28. The van der Waals surface area contributed by atoms with Crippen molar-refractivity contribution in [1.82, 2.24) is 5.32 Å². The van der Waals surface area contributed by atoms with Crippen molar-refractivity contribution in [3.05, 3.63) is 58.7 Å². The largest absolute Gasteiger partial charge is 0.497 e. The van der Waals surface area contributed by atoms with Crippen LogP contribution in [0.15, 0.2) is 36.4 Å². The fourth-order valence-corrected chi connectivity index (χ4v) is 4.03. The highest BCUT2D eigenvalue weighted by Gasteiger charge is 2.24. The first-order chi connectivity index (χ1) is 12.6. The first-order valence-electron chi connectivity index (χ1n) is 8.57. The van der Waals surface area contributed by atoms with Gasteiger partial charge in [-0.2, -0.15) is 0 Å². The van der Waals surface area contributed by atoms with Crippen LogP contribution in [0.25, 0.3) is 0 Å². The van der Waals surface area contributed by atoms with Gasteiger partial charge in [-0.05, 0) is 49.6 Å². The number of amides is 1. The van der Waals surface area contributed by atoms with Crippen LogP contribution in [0, 0.1) is 20.8 Å². The summed E-state index contributed by atoms with van der Waals surface area (Å²) in [6, 6.07) is 11.1. The summed E-state index contributed by atoms with van der Waals surface area (Å²) in [6.07, 6.45) is 1.11. The van der Waals surface area contributed by atoms with Gasteiger partial charge in [-0.1, -0.05) is 29.8 Å². The van der Waals surface area contributed by atoms with E-state index >= 15 is 0 Å². The van der Waals surface area contributed by atoms with Gasteiger partial charge in [0.05, 0.1) is 19.1 Å². The smallest absolute Gasteiger partial charge is 0.241 e. The molecule has 0 bridgehead atoms. The monoisotopic (exact) mass is 390 g/mol. The highest BCUT2D eigenvalue weighted by molar-refractivity contribution is 7.92. The quantitative estimate of drug-likeness (QED) is 0.789. The van der Waals surface area contributed by atoms with Gasteiger partial charge in [-0.3, -0.25) is 9.10 Å². The maximum absolute atomic E-state index is 12.4. The van der Waals surface area contributed by atoms with Gasteiger partial charge in [-0.15, -0.1) is 0 Å². The Bertz CT molecular complexity index is 898. The number of methoxy groups -OCH3 is 1. The van der Waals surface area contributed by atoms with Gasteiger partial charge in [0.2, 0.25) is 15.9 Å². The van der Waals surface area contributed by atoms with Crippen molar-refractivity contribution in [2.24, 2.45) is 0 Å². The number of sulfonamides is 1. The van der Waals surface area contributed by atoms with Crippen LogP contribution in [0.1, 0.15) is 22.3 Å². The molecule has 0 aliphatic rings. The summed E-state index contributed by atoms with van der Waals surface area (Å²) in [7, 11) is -2.02. The van der Waals surface area contributed by atoms with E-state index in [4.69, 9.17) is 4.74 Å². The Morgan fingerprint density at radius 3 is 2.11 bits per heavy atom. The molecule has 7 heteroatoms. The van der Waals surface area contributed by atoms with Crippen molar-refractivity contribution in [1.29, 1.82) is 0 Å². The zero-order chi connectivity index (χ0) is 20.2. The second kappa shape index (κ2) is 8.43. The summed E-state index contributed by atoms with van der Waals surface area (Å²) < 4.78 is 30.9. The molecule has 0 spiro atoms. The molecule has 0 radical (unpaired) electrons. The predicted molar refractivity (Wildman–Crippen MR) is 108 cm³/mol. The van der Waals surface area contributed by atoms with E-state index in [0.29, 0.717) is 12.2 Å². The number of anilines is 1. The highest BCUT2D eigenvalue weighted by atomic mass is 32.2. The molecule has 0 atom stereocenters. The molecule has 1 amide bonds. The Labute approximate surface area is 161 Å². The molecule has 0 saturated heterocycles. The number of carbonyl (C=O) groups is 1. The second-order valence-corrected chi connectivity index (χ2v) is 8.55. The molecule has 0 aliphatic heterocycles. The van der Waals surface area contributed by atoms with Gasteiger partial charge in [0.25, 0.3) is 0 Å². The predicted octanol–water partition coefficient (Wildman–Crippen LogP) is 2.70. The zero-order valence-electron chi connectivity index (χ0n) is 16.4. The minimum Gasteiger partial charge on any atom is -0.497 e. The first kappa shape index (κ1) is 20.8. The number of hydrogen-bond donors (Lipinski definition) is 1. The molecule has 0 aromatic heterocycles. The number of nitrogens with zero attached hydrogens (tertiary/aromatic N) is 1. The van der Waals surface area contributed by atoms with Crippen LogP contribution in [0.4, 0.5) is 5.69 Å². The average molecular weight is 391 g/mol. The summed E-state index contributed by atoms with van der Waals surface area (Å²) in [5.41, 5.74) is 4.15. The van der Waals surface area contributed by atoms with Crippen LogP contribution >= 0.6 is 0 Å². The molecule has 2 aromatic rings. The van der Waals surface area contributed by atoms with Gasteiger partial charge in [0.1, 0.15) is 12.3 Å². The van der Waals surface area contributed by atoms with Crippen LogP contribution in [0.3, 0.4) is 0 Å². The fourth-order valence-electron chi connectivity index (χ4n) is 3.06. The van der Waals surface area contributed by atoms with E-state index in [-0.39, 0.29) is 12.5 Å². The molecule has 0 heterocycles. The normalized spacial score (nSPS) is 11.1. The molecule has 1 N–H and O–H groups in total. The number of aryl methyl sites for hydroxylation is 3. The molecule has 0 saturated carbocycles. The number of ether oxygens (including phenoxy) is 1. The van der Waals surface area contributed by atoms with E-state index in [2.05, 4.69) is 5.32 Å². The second-order valence-electron chi connectivity index (χ2n) is 6.64. The van der Waals surface area contributed by atoms with Gasteiger partial charge >= 0.3 is 0 Å². The van der Waals surface area contributed by atoms with Crippen LogP contribution < -0.4 is 14.4 Å². The van der Waals surface area contributed by atoms with Crippen molar-refractivity contribution >= 4 is 21.6 Å². The van der Waals surface area contributed by atoms with Gasteiger partial charge in [0.15, 0.2) is 0 Å². The lowest BCUT2D eigenvalue weighted by atomic mass is 10.1. The van der Waals surface area contributed by atoms with Crippen LogP contribution in [-0.4, -0.2) is 34.2 Å². The summed E-state index contributed by atoms with van der Waals surface area (Å²) in [5, 5.41) is 2.77. The number of carbonyl (C=O) groups excluding carboxylic acids is 1. The van der Waals surface area contributed by atoms with E-state index in [9.17, 15) is 13.2 Å². The summed E-state index contributed by atoms with van der Waals surface area (Å²) >= 11 is 0. The molecule has 6 nitrogen and oxygen atoms in total. The van der Waals surface area contributed by atoms with E-state index in [1.54, 1.807) is 7.11 Å². The Morgan fingerprint density at radius 2 is 1.63 bits per heavy atom. The lowest BCUT2D eigenvalue weighted by molar-refractivity contribution is -0.119. The Hall–Kier alpha value is -2.54. The summed E-state index contributed by atoms with van der Waals surface area (Å²) in [5.74, 6) is 0.370. The van der Waals surface area contributed by atoms with Gasteiger partial charge in [-0.25, -0.2) is 8.42 Å². The Kier molecular flexibility index (Phi) is 6.49. The molecular formula is C20H26N2O4S. The third-order valence-corrected chi connectivity index (χ3v) is 5.33. The van der Waals surface area contributed by atoms with Crippen LogP contribution in [-0.2, 0) is 21.4 Å². The number of nitrogens with one attached hydrogen (secondary N) is 1. The molecule has 2 rings (SSSR count). The van der Waals surface area contributed by atoms with Crippen molar-refractivity contribution in [2.45, 2.75) is 27.3 Å². The maximum atomic E-state index is 12.4. The maximum Gasteiger partial charge on any atom is 0.241 e. The minimum atomic E-state index is -3.61. The molecule has 0 aliphatic carbocycles. The Morgan fingerprint density at radius 1 is 1.07 bits per heavy atom. The molecular weight excluding hydrogens is 364 g/mol. The molecule has 2 aromatic carbocycles. The topological polar surface area (TPSA) is 75.7 Å². The van der Waals surface area contributed by atoms with E-state index < -0.39 is 10.0 Å². The van der Waals surface area contributed by atoms with Crippen molar-refractivity contribution in [2.75, 3.05) is 24.2 Å². The third-order valence-electron chi connectivity index (χ3n) is 4.22. The third kappa shape index (κ3) is 5.47. The number of rotatable bonds is 7. The van der Waals surface area contributed by atoms with Crippen LogP contribution in [0.2, 0.25) is 0 Å². The van der Waals surface area contributed by atoms with E-state index in [1.807, 2.05) is 57.2 Å². The standard InChI is InChI=1S/C20H26N2O4S/c1-14-10-15(2)20(16(3)11-14)22(27(5,24)25)13-19(23)21-12-17-6-8-18(26-4)9-7-17/h6-11H,12-13H2,1-5H3,(H,21,23). The Balaban J connectivity index is 2.16. The summed E-state index contributed by atoms with van der Waals surface area (Å²) in [6.45, 7) is 5.70. The fraction of sp³-hybridized carbons (Fsp3) is 0.350. The zero-order valence-corrected chi connectivity index (χ0v) is 17.2. The SMILES string of the molecule is COc1ccc(CNC(=O)CN(c2c(C)cc(C)cc2C)S(C)(=O)=O)cc1. The molecule has 146 valence electrons. The van der Waals surface area contributed by atoms with Crippen molar-refractivity contribution < 1.29 is 17.9 Å². The van der Waals surface area contributed by atoms with Gasteiger partial charge in [0, 0.05) is 6.54 Å². The van der Waals surface area contributed by atoms with Crippen molar-refractivity contribution in [3.8, 4) is 5.75 Å². The molecule has 0 fully saturated rings.